The molecule has 1 aliphatic rings. The van der Waals surface area contributed by atoms with Crippen molar-refractivity contribution in [1.82, 2.24) is 0 Å². The van der Waals surface area contributed by atoms with Gasteiger partial charge in [-0.25, -0.2) is 0 Å². The molecule has 1 aromatic carbocycles. The Bertz CT molecular complexity index is 414. The second kappa shape index (κ2) is 3.63. The van der Waals surface area contributed by atoms with Crippen molar-refractivity contribution in [1.29, 1.82) is 0 Å². The van der Waals surface area contributed by atoms with E-state index in [-0.39, 0.29) is 0 Å². The van der Waals surface area contributed by atoms with E-state index in [4.69, 9.17) is 0 Å². The van der Waals surface area contributed by atoms with Crippen molar-refractivity contribution in [3.8, 4) is 0 Å². The highest BCUT2D eigenvalue weighted by Gasteiger charge is 2.38. The Balaban J connectivity index is 2.59. The van der Waals surface area contributed by atoms with Crippen LogP contribution in [0.3, 0.4) is 0 Å². The van der Waals surface area contributed by atoms with E-state index >= 15 is 0 Å². The molecule has 0 aromatic heterocycles. The van der Waals surface area contributed by atoms with Crippen LogP contribution in [0.1, 0.15) is 30.9 Å². The number of hydrogen-bond donors (Lipinski definition) is 1. The van der Waals surface area contributed by atoms with Crippen LogP contribution >= 0.6 is 15.9 Å². The molecular formula is C12H13BrO2. The molecular weight excluding hydrogens is 256 g/mol. The van der Waals surface area contributed by atoms with Crippen LogP contribution in [0.4, 0.5) is 0 Å². The molecule has 80 valence electrons. The van der Waals surface area contributed by atoms with Crippen molar-refractivity contribution in [2.24, 2.45) is 0 Å². The highest BCUT2D eigenvalue weighted by Crippen LogP contribution is 2.38. The van der Waals surface area contributed by atoms with Crippen molar-refractivity contribution >= 4 is 21.9 Å². The molecule has 0 saturated heterocycles. The van der Waals surface area contributed by atoms with Crippen LogP contribution in [0.2, 0.25) is 0 Å². The lowest BCUT2D eigenvalue weighted by Crippen LogP contribution is -2.36. The predicted octanol–water partition coefficient (Wildman–Crippen LogP) is 3.13. The lowest BCUT2D eigenvalue weighted by Gasteiger charge is -2.32. The van der Waals surface area contributed by atoms with Gasteiger partial charge in [0, 0.05) is 4.47 Å². The molecule has 0 bridgehead atoms. The molecule has 15 heavy (non-hydrogen) atoms. The van der Waals surface area contributed by atoms with Crippen molar-refractivity contribution < 1.29 is 9.90 Å². The fraction of sp³-hybridized carbons (Fsp3) is 0.417. The zero-order chi connectivity index (χ0) is 11.1. The monoisotopic (exact) mass is 268 g/mol. The Hall–Kier alpha value is -0.830. The second-order valence-corrected chi connectivity index (χ2v) is 5.21. The Morgan fingerprint density at radius 2 is 2.27 bits per heavy atom. The van der Waals surface area contributed by atoms with Gasteiger partial charge in [-0.2, -0.15) is 0 Å². The van der Waals surface area contributed by atoms with Crippen LogP contribution in [0.5, 0.6) is 0 Å². The van der Waals surface area contributed by atoms with E-state index in [2.05, 4.69) is 15.9 Å². The van der Waals surface area contributed by atoms with Gasteiger partial charge in [-0.1, -0.05) is 22.0 Å². The van der Waals surface area contributed by atoms with E-state index in [1.54, 1.807) is 0 Å². The summed E-state index contributed by atoms with van der Waals surface area (Å²) in [6.45, 7) is 1.82. The van der Waals surface area contributed by atoms with E-state index in [1.165, 1.54) is 5.56 Å². The maximum Gasteiger partial charge on any atom is 0.313 e. The van der Waals surface area contributed by atoms with Gasteiger partial charge in [0.2, 0.25) is 0 Å². The van der Waals surface area contributed by atoms with Crippen LogP contribution in [-0.4, -0.2) is 11.1 Å². The Kier molecular flexibility index (Phi) is 2.59. The molecule has 1 aromatic rings. The first-order chi connectivity index (χ1) is 7.04. The van der Waals surface area contributed by atoms with Gasteiger partial charge in [-0.3, -0.25) is 4.79 Å². The SMILES string of the molecule is CC1(C(=O)O)CCCc2ccc(Br)cc21. The number of rotatable bonds is 1. The Labute approximate surface area is 97.4 Å². The summed E-state index contributed by atoms with van der Waals surface area (Å²) in [6.07, 6.45) is 2.68. The number of benzene rings is 1. The molecule has 0 amide bonds. The largest absolute Gasteiger partial charge is 0.481 e. The van der Waals surface area contributed by atoms with Crippen LogP contribution in [0.15, 0.2) is 22.7 Å². The quantitative estimate of drug-likeness (QED) is 0.850. The second-order valence-electron chi connectivity index (χ2n) is 4.29. The van der Waals surface area contributed by atoms with E-state index in [1.807, 2.05) is 25.1 Å². The van der Waals surface area contributed by atoms with Gasteiger partial charge in [0.15, 0.2) is 0 Å². The molecule has 1 unspecified atom stereocenters. The summed E-state index contributed by atoms with van der Waals surface area (Å²) >= 11 is 3.40. The van der Waals surface area contributed by atoms with Crippen LogP contribution < -0.4 is 0 Å². The number of hydrogen-bond acceptors (Lipinski definition) is 1. The van der Waals surface area contributed by atoms with Gasteiger partial charge in [0.25, 0.3) is 0 Å². The minimum Gasteiger partial charge on any atom is -0.481 e. The number of carbonyl (C=O) groups is 1. The highest BCUT2D eigenvalue weighted by atomic mass is 79.9. The number of halogens is 1. The Morgan fingerprint density at radius 1 is 1.53 bits per heavy atom. The number of aryl methyl sites for hydroxylation is 1. The smallest absolute Gasteiger partial charge is 0.313 e. The van der Waals surface area contributed by atoms with Gasteiger partial charge >= 0.3 is 5.97 Å². The molecule has 0 spiro atoms. The van der Waals surface area contributed by atoms with Crippen molar-refractivity contribution in [2.75, 3.05) is 0 Å². The molecule has 2 rings (SSSR count). The Morgan fingerprint density at radius 3 is 2.93 bits per heavy atom. The molecule has 2 nitrogen and oxygen atoms in total. The fourth-order valence-corrected chi connectivity index (χ4v) is 2.63. The first-order valence-electron chi connectivity index (χ1n) is 5.06. The lowest BCUT2D eigenvalue weighted by molar-refractivity contribution is -0.143. The van der Waals surface area contributed by atoms with E-state index in [0.717, 1.165) is 29.3 Å². The standard InChI is InChI=1S/C12H13BrO2/c1-12(11(14)15)6-2-3-8-4-5-9(13)7-10(8)12/h4-5,7H,2-3,6H2,1H3,(H,14,15). The topological polar surface area (TPSA) is 37.3 Å². The van der Waals surface area contributed by atoms with Crippen molar-refractivity contribution in [3.63, 3.8) is 0 Å². The summed E-state index contributed by atoms with van der Waals surface area (Å²) in [5.41, 5.74) is 1.43. The van der Waals surface area contributed by atoms with E-state index in [9.17, 15) is 9.90 Å². The van der Waals surface area contributed by atoms with Crippen molar-refractivity contribution in [2.45, 2.75) is 31.6 Å². The summed E-state index contributed by atoms with van der Waals surface area (Å²) in [5.74, 6) is -0.721. The molecule has 0 aliphatic heterocycles. The molecule has 0 fully saturated rings. The zero-order valence-electron chi connectivity index (χ0n) is 8.59. The average molecular weight is 269 g/mol. The molecule has 1 atom stereocenters. The van der Waals surface area contributed by atoms with Crippen LogP contribution in [-0.2, 0) is 16.6 Å². The molecule has 0 heterocycles. The predicted molar refractivity (Wildman–Crippen MR) is 62.1 cm³/mol. The third kappa shape index (κ3) is 1.69. The van der Waals surface area contributed by atoms with Gasteiger partial charge in [-0.15, -0.1) is 0 Å². The summed E-state index contributed by atoms with van der Waals surface area (Å²) in [7, 11) is 0. The number of aliphatic carboxylic acids is 1. The number of carboxylic acids is 1. The van der Waals surface area contributed by atoms with E-state index < -0.39 is 11.4 Å². The molecule has 3 heteroatoms. The minimum atomic E-state index is -0.721. The zero-order valence-corrected chi connectivity index (χ0v) is 10.2. The molecule has 1 N–H and O–H groups in total. The fourth-order valence-electron chi connectivity index (χ4n) is 2.27. The van der Waals surface area contributed by atoms with Gasteiger partial charge in [0.05, 0.1) is 5.41 Å². The maximum atomic E-state index is 11.3. The van der Waals surface area contributed by atoms with Gasteiger partial charge in [0.1, 0.15) is 0 Å². The van der Waals surface area contributed by atoms with Crippen LogP contribution in [0, 0.1) is 0 Å². The van der Waals surface area contributed by atoms with Gasteiger partial charge < -0.3 is 5.11 Å². The number of carboxylic acid groups (broad SMARTS) is 1. The van der Waals surface area contributed by atoms with Gasteiger partial charge in [-0.05, 0) is 49.4 Å². The molecule has 0 saturated carbocycles. The third-order valence-corrected chi connectivity index (χ3v) is 3.75. The first-order valence-corrected chi connectivity index (χ1v) is 5.85. The van der Waals surface area contributed by atoms with Crippen molar-refractivity contribution in [3.05, 3.63) is 33.8 Å². The molecule has 0 radical (unpaired) electrons. The summed E-state index contributed by atoms with van der Waals surface area (Å²) in [5, 5.41) is 9.32. The van der Waals surface area contributed by atoms with Crippen LogP contribution in [0.25, 0.3) is 0 Å². The van der Waals surface area contributed by atoms with E-state index in [0.29, 0.717) is 0 Å². The first kappa shape index (κ1) is 10.7. The molecule has 1 aliphatic carbocycles. The normalized spacial score (nSPS) is 24.7. The highest BCUT2D eigenvalue weighted by molar-refractivity contribution is 9.10. The lowest BCUT2D eigenvalue weighted by atomic mass is 9.71. The summed E-state index contributed by atoms with van der Waals surface area (Å²) in [4.78, 5) is 11.3. The third-order valence-electron chi connectivity index (χ3n) is 3.26. The number of fused-ring (bicyclic) bond motifs is 1. The summed E-state index contributed by atoms with van der Waals surface area (Å²) in [6, 6.07) is 5.95. The maximum absolute atomic E-state index is 11.3. The minimum absolute atomic E-state index is 0.711. The average Bonchev–Trinajstić information content (AvgIpc) is 2.19. The summed E-state index contributed by atoms with van der Waals surface area (Å²) < 4.78 is 0.954.